The third kappa shape index (κ3) is 2.81. The highest BCUT2D eigenvalue weighted by Crippen LogP contribution is 2.27. The van der Waals surface area contributed by atoms with Crippen LogP contribution < -0.4 is 5.32 Å². The van der Waals surface area contributed by atoms with Gasteiger partial charge in [0, 0.05) is 30.4 Å². The molecule has 2 aromatic rings. The van der Waals surface area contributed by atoms with Crippen LogP contribution in [-0.4, -0.2) is 16.0 Å². The lowest BCUT2D eigenvalue weighted by atomic mass is 9.84. The standard InChI is InChI=1S/C16H23N3/c1-2-12-5-3-6-14(9-12)18-10-13-11-19-16-15(13)7-4-8-17-16/h4,7-8,11-12,14,18H,2-3,5-6,9-10H2,1H3,(H,17,19). The molecule has 3 rings (SSSR count). The molecule has 2 atom stereocenters. The first kappa shape index (κ1) is 12.7. The van der Waals surface area contributed by atoms with Gasteiger partial charge < -0.3 is 10.3 Å². The van der Waals surface area contributed by atoms with Gasteiger partial charge in [0.05, 0.1) is 0 Å². The molecule has 0 aliphatic heterocycles. The van der Waals surface area contributed by atoms with Crippen molar-refractivity contribution in [2.24, 2.45) is 5.92 Å². The minimum Gasteiger partial charge on any atom is -0.346 e. The highest BCUT2D eigenvalue weighted by atomic mass is 14.9. The molecule has 0 aromatic carbocycles. The minimum atomic E-state index is 0.695. The van der Waals surface area contributed by atoms with Crippen LogP contribution in [0.1, 0.15) is 44.6 Å². The molecule has 2 heterocycles. The van der Waals surface area contributed by atoms with Gasteiger partial charge >= 0.3 is 0 Å². The third-order valence-electron chi connectivity index (χ3n) is 4.48. The van der Waals surface area contributed by atoms with Gasteiger partial charge in [0.15, 0.2) is 0 Å². The first-order chi connectivity index (χ1) is 9.36. The lowest BCUT2D eigenvalue weighted by Crippen LogP contribution is -2.33. The van der Waals surface area contributed by atoms with Gasteiger partial charge in [0.25, 0.3) is 0 Å². The maximum atomic E-state index is 4.34. The molecule has 1 aliphatic rings. The zero-order valence-electron chi connectivity index (χ0n) is 11.7. The molecule has 1 aliphatic carbocycles. The summed E-state index contributed by atoms with van der Waals surface area (Å²) in [6, 6.07) is 4.85. The van der Waals surface area contributed by atoms with Crippen LogP contribution in [0.5, 0.6) is 0 Å². The Morgan fingerprint density at radius 1 is 1.42 bits per heavy atom. The maximum Gasteiger partial charge on any atom is 0.137 e. The molecular weight excluding hydrogens is 234 g/mol. The number of rotatable bonds is 4. The van der Waals surface area contributed by atoms with Crippen molar-refractivity contribution in [3.8, 4) is 0 Å². The van der Waals surface area contributed by atoms with Crippen molar-refractivity contribution >= 4 is 11.0 Å². The number of fused-ring (bicyclic) bond motifs is 1. The van der Waals surface area contributed by atoms with Gasteiger partial charge in [0.2, 0.25) is 0 Å². The molecule has 0 saturated heterocycles. The molecule has 2 unspecified atom stereocenters. The number of aromatic nitrogens is 2. The molecular formula is C16H23N3. The number of hydrogen-bond donors (Lipinski definition) is 2. The smallest absolute Gasteiger partial charge is 0.137 e. The van der Waals surface area contributed by atoms with Crippen molar-refractivity contribution in [1.82, 2.24) is 15.3 Å². The highest BCUT2D eigenvalue weighted by molar-refractivity contribution is 5.79. The molecule has 2 aromatic heterocycles. The van der Waals surface area contributed by atoms with Crippen molar-refractivity contribution in [2.75, 3.05) is 0 Å². The molecule has 1 saturated carbocycles. The third-order valence-corrected chi connectivity index (χ3v) is 4.48. The molecule has 0 spiro atoms. The average Bonchev–Trinajstić information content (AvgIpc) is 2.89. The Labute approximate surface area is 114 Å². The molecule has 0 amide bonds. The van der Waals surface area contributed by atoms with E-state index in [1.807, 2.05) is 12.3 Å². The van der Waals surface area contributed by atoms with E-state index < -0.39 is 0 Å². The summed E-state index contributed by atoms with van der Waals surface area (Å²) in [6.45, 7) is 3.27. The number of pyridine rings is 1. The molecule has 3 heteroatoms. The first-order valence-electron chi connectivity index (χ1n) is 7.51. The Morgan fingerprint density at radius 2 is 2.37 bits per heavy atom. The van der Waals surface area contributed by atoms with Crippen LogP contribution in [0.4, 0.5) is 0 Å². The number of H-pyrrole nitrogens is 1. The normalized spacial score (nSPS) is 23.8. The van der Waals surface area contributed by atoms with E-state index in [0.717, 1.165) is 18.1 Å². The fourth-order valence-electron chi connectivity index (χ4n) is 3.26. The predicted molar refractivity (Wildman–Crippen MR) is 79.0 cm³/mol. The van der Waals surface area contributed by atoms with E-state index in [4.69, 9.17) is 0 Å². The van der Waals surface area contributed by atoms with Gasteiger partial charge in [0.1, 0.15) is 5.65 Å². The predicted octanol–water partition coefficient (Wildman–Crippen LogP) is 3.62. The second-order valence-corrected chi connectivity index (χ2v) is 5.73. The Balaban J connectivity index is 1.63. The van der Waals surface area contributed by atoms with Crippen LogP contribution >= 0.6 is 0 Å². The molecule has 0 bridgehead atoms. The Morgan fingerprint density at radius 3 is 3.26 bits per heavy atom. The fraction of sp³-hybridized carbons (Fsp3) is 0.562. The van der Waals surface area contributed by atoms with E-state index >= 15 is 0 Å². The zero-order valence-corrected chi connectivity index (χ0v) is 11.7. The SMILES string of the molecule is CCC1CCCC(NCc2c[nH]c3ncccc23)C1. The quantitative estimate of drug-likeness (QED) is 0.878. The molecule has 2 N–H and O–H groups in total. The number of nitrogens with zero attached hydrogens (tertiary/aromatic N) is 1. The minimum absolute atomic E-state index is 0.695. The van der Waals surface area contributed by atoms with Crippen LogP contribution in [0.3, 0.4) is 0 Å². The Kier molecular flexibility index (Phi) is 3.83. The van der Waals surface area contributed by atoms with E-state index in [-0.39, 0.29) is 0 Å². The van der Waals surface area contributed by atoms with Crippen molar-refractivity contribution < 1.29 is 0 Å². The summed E-state index contributed by atoms with van der Waals surface area (Å²) < 4.78 is 0. The van der Waals surface area contributed by atoms with Gasteiger partial charge in [-0.25, -0.2) is 4.98 Å². The van der Waals surface area contributed by atoms with Crippen LogP contribution in [0, 0.1) is 5.92 Å². The summed E-state index contributed by atoms with van der Waals surface area (Å²) in [4.78, 5) is 7.58. The van der Waals surface area contributed by atoms with Crippen molar-refractivity contribution in [3.05, 3.63) is 30.1 Å². The van der Waals surface area contributed by atoms with Crippen LogP contribution in [0.2, 0.25) is 0 Å². The number of aromatic amines is 1. The highest BCUT2D eigenvalue weighted by Gasteiger charge is 2.20. The summed E-state index contributed by atoms with van der Waals surface area (Å²) in [5.74, 6) is 0.927. The lowest BCUT2D eigenvalue weighted by Gasteiger charge is -2.29. The molecule has 102 valence electrons. The molecule has 0 radical (unpaired) electrons. The topological polar surface area (TPSA) is 40.7 Å². The lowest BCUT2D eigenvalue weighted by molar-refractivity contribution is 0.278. The monoisotopic (exact) mass is 257 g/mol. The van der Waals surface area contributed by atoms with Gasteiger partial charge in [-0.2, -0.15) is 0 Å². The van der Waals surface area contributed by atoms with Crippen molar-refractivity contribution in [3.63, 3.8) is 0 Å². The van der Waals surface area contributed by atoms with E-state index in [0.29, 0.717) is 6.04 Å². The van der Waals surface area contributed by atoms with Crippen LogP contribution in [0.25, 0.3) is 11.0 Å². The van der Waals surface area contributed by atoms with Gasteiger partial charge in [-0.05, 0) is 36.5 Å². The second-order valence-electron chi connectivity index (χ2n) is 5.73. The van der Waals surface area contributed by atoms with E-state index in [9.17, 15) is 0 Å². The van der Waals surface area contributed by atoms with Gasteiger partial charge in [-0.15, -0.1) is 0 Å². The van der Waals surface area contributed by atoms with E-state index in [2.05, 4.69) is 34.5 Å². The van der Waals surface area contributed by atoms with E-state index in [1.165, 1.54) is 43.1 Å². The van der Waals surface area contributed by atoms with E-state index in [1.54, 1.807) is 0 Å². The average molecular weight is 257 g/mol. The van der Waals surface area contributed by atoms with Crippen LogP contribution in [-0.2, 0) is 6.54 Å². The summed E-state index contributed by atoms with van der Waals surface area (Å²) >= 11 is 0. The maximum absolute atomic E-state index is 4.34. The Bertz CT molecular complexity index is 532. The molecule has 3 nitrogen and oxygen atoms in total. The summed E-state index contributed by atoms with van der Waals surface area (Å²) in [7, 11) is 0. The summed E-state index contributed by atoms with van der Waals surface area (Å²) in [6.07, 6.45) is 10.7. The zero-order chi connectivity index (χ0) is 13.1. The molecule has 1 fully saturated rings. The first-order valence-corrected chi connectivity index (χ1v) is 7.51. The van der Waals surface area contributed by atoms with Gasteiger partial charge in [-0.3, -0.25) is 0 Å². The Hall–Kier alpha value is -1.35. The summed E-state index contributed by atoms with van der Waals surface area (Å²) in [5, 5.41) is 4.98. The largest absolute Gasteiger partial charge is 0.346 e. The van der Waals surface area contributed by atoms with Crippen LogP contribution in [0.15, 0.2) is 24.5 Å². The van der Waals surface area contributed by atoms with Gasteiger partial charge in [-0.1, -0.05) is 26.2 Å². The number of nitrogens with one attached hydrogen (secondary N) is 2. The second kappa shape index (κ2) is 5.74. The summed E-state index contributed by atoms with van der Waals surface area (Å²) in [5.41, 5.74) is 2.33. The number of hydrogen-bond acceptors (Lipinski definition) is 2. The fourth-order valence-corrected chi connectivity index (χ4v) is 3.26. The van der Waals surface area contributed by atoms with Crippen molar-refractivity contribution in [1.29, 1.82) is 0 Å². The molecule has 19 heavy (non-hydrogen) atoms. The van der Waals surface area contributed by atoms with Crippen molar-refractivity contribution in [2.45, 2.75) is 51.6 Å².